The van der Waals surface area contributed by atoms with Crippen LogP contribution in [-0.4, -0.2) is 0 Å². The van der Waals surface area contributed by atoms with E-state index in [-0.39, 0.29) is 26.6 Å². The number of ether oxygens (including phenoxy) is 1. The first-order valence-electron chi connectivity index (χ1n) is 8.92. The number of rotatable bonds is 4. The predicted molar refractivity (Wildman–Crippen MR) is 102 cm³/mol. The quantitative estimate of drug-likeness (QED) is 0.359. The van der Waals surface area contributed by atoms with Crippen molar-refractivity contribution in [3.05, 3.63) is 65.4 Å². The van der Waals surface area contributed by atoms with Gasteiger partial charge in [0.05, 0.1) is 5.56 Å². The summed E-state index contributed by atoms with van der Waals surface area (Å²) in [5, 5.41) is 0. The van der Waals surface area contributed by atoms with E-state index in [1.165, 1.54) is 12.1 Å². The summed E-state index contributed by atoms with van der Waals surface area (Å²) in [6, 6.07) is 3.68. The Bertz CT molecular complexity index is 856. The van der Waals surface area contributed by atoms with E-state index < -0.39 is 40.7 Å². The molecule has 29 heavy (non-hydrogen) atoms. The third-order valence-corrected chi connectivity index (χ3v) is 5.10. The van der Waals surface area contributed by atoms with Crippen LogP contribution in [0.5, 0.6) is 5.75 Å². The van der Waals surface area contributed by atoms with Crippen LogP contribution in [0, 0.1) is 29.2 Å². The second kappa shape index (κ2) is 9.37. The zero-order valence-electron chi connectivity index (χ0n) is 15.0. The van der Waals surface area contributed by atoms with Crippen molar-refractivity contribution in [2.24, 2.45) is 5.92 Å². The van der Waals surface area contributed by atoms with Crippen LogP contribution < -0.4 is 4.74 Å². The summed E-state index contributed by atoms with van der Waals surface area (Å²) in [6.45, 7) is 2.13. The van der Waals surface area contributed by atoms with Gasteiger partial charge in [0.25, 0.3) is 0 Å². The zero-order chi connectivity index (χ0) is 20.4. The molecule has 0 heterocycles. The first-order chi connectivity index (χ1) is 13.3. The Morgan fingerprint density at radius 3 is 1.90 bits per heavy atom. The van der Waals surface area contributed by atoms with Crippen molar-refractivity contribution in [2.45, 2.75) is 46.0 Å². The lowest BCUT2D eigenvalue weighted by Crippen LogP contribution is -2.11. The molecule has 0 spiro atoms. The summed E-state index contributed by atoms with van der Waals surface area (Å²) in [7, 11) is 0. The maximum atomic E-state index is 14.6. The van der Waals surface area contributed by atoms with Gasteiger partial charge in [-0.1, -0.05) is 27.2 Å². The molecule has 7 heteroatoms. The van der Waals surface area contributed by atoms with Gasteiger partial charge in [0.15, 0.2) is 23.6 Å². The van der Waals surface area contributed by atoms with Crippen LogP contribution in [0.1, 0.15) is 52.9 Å². The van der Waals surface area contributed by atoms with E-state index in [0.717, 1.165) is 25.7 Å². The van der Waals surface area contributed by atoms with Crippen LogP contribution in [0.15, 0.2) is 36.6 Å². The number of hydrogen-bond acceptors (Lipinski definition) is 1. The van der Waals surface area contributed by atoms with Gasteiger partial charge in [0, 0.05) is 1.43 Å². The lowest BCUT2D eigenvalue weighted by Gasteiger charge is -2.26. The number of halogens is 6. The lowest BCUT2D eigenvalue weighted by atomic mass is 9.79. The molecule has 1 saturated carbocycles. The van der Waals surface area contributed by atoms with Crippen molar-refractivity contribution in [2.75, 3.05) is 0 Å². The van der Waals surface area contributed by atoms with Crippen LogP contribution in [-0.2, 0) is 0 Å². The van der Waals surface area contributed by atoms with E-state index in [1.807, 2.05) is 0 Å². The van der Waals surface area contributed by atoms with Crippen LogP contribution in [0.25, 0.3) is 11.1 Å². The first kappa shape index (κ1) is 22.8. The molecule has 0 radical (unpaired) electrons. The minimum Gasteiger partial charge on any atom is -0.453 e. The van der Waals surface area contributed by atoms with Crippen molar-refractivity contribution in [3.63, 3.8) is 0 Å². The molecule has 1 aliphatic carbocycles. The summed E-state index contributed by atoms with van der Waals surface area (Å²) in [5.41, 5.74) is -0.439. The zero-order valence-corrected chi connectivity index (χ0v) is 15.0. The highest BCUT2D eigenvalue weighted by molar-refractivity contribution is 5.66. The minimum absolute atomic E-state index is 0. The third-order valence-electron chi connectivity index (χ3n) is 5.10. The van der Waals surface area contributed by atoms with Gasteiger partial charge in [0.1, 0.15) is 11.6 Å². The van der Waals surface area contributed by atoms with E-state index in [4.69, 9.17) is 0 Å². The van der Waals surface area contributed by atoms with Crippen LogP contribution >= 0.6 is 0 Å². The molecule has 1 nitrogen and oxygen atoms in total. The molecule has 0 saturated heterocycles. The van der Waals surface area contributed by atoms with E-state index in [2.05, 4.69) is 11.7 Å². The van der Waals surface area contributed by atoms with Crippen LogP contribution in [0.3, 0.4) is 0 Å². The van der Waals surface area contributed by atoms with Crippen LogP contribution in [0.2, 0.25) is 0 Å². The van der Waals surface area contributed by atoms with Crippen molar-refractivity contribution in [3.8, 4) is 16.9 Å². The third kappa shape index (κ3) is 5.14. The van der Waals surface area contributed by atoms with Crippen LogP contribution in [0.4, 0.5) is 26.3 Å². The van der Waals surface area contributed by atoms with Crippen molar-refractivity contribution < 1.29 is 32.5 Å². The highest BCUT2D eigenvalue weighted by Gasteiger charge is 2.24. The molecule has 3 rings (SSSR count). The average Bonchev–Trinajstić information content (AvgIpc) is 2.60. The molecule has 160 valence electrons. The molecule has 0 bridgehead atoms. The number of hydrogen-bond donors (Lipinski definition) is 0. The van der Waals surface area contributed by atoms with Gasteiger partial charge in [-0.2, -0.15) is 8.78 Å². The molecule has 0 aromatic heterocycles. The molecular weight excluding hydrogens is 394 g/mol. The highest BCUT2D eigenvalue weighted by Crippen LogP contribution is 2.39. The molecule has 0 atom stereocenters. The molecule has 0 unspecified atom stereocenters. The SMILES string of the molecule is C.CC1CCC(c2cc(F)c(-c3cc(F)c(OC=C(F)F)c(F)c3)c(F)c2)CC1.[HH]. The maximum Gasteiger partial charge on any atom is 0.305 e. The van der Waals surface area contributed by atoms with Gasteiger partial charge in [0.2, 0.25) is 0 Å². The molecule has 1 aliphatic rings. The van der Waals surface area contributed by atoms with Gasteiger partial charge < -0.3 is 4.74 Å². The van der Waals surface area contributed by atoms with Crippen molar-refractivity contribution in [1.29, 1.82) is 0 Å². The minimum atomic E-state index is -2.28. The monoisotopic (exact) mass is 418 g/mol. The Morgan fingerprint density at radius 2 is 1.41 bits per heavy atom. The van der Waals surface area contributed by atoms with Gasteiger partial charge in [-0.15, -0.1) is 0 Å². The van der Waals surface area contributed by atoms with E-state index >= 15 is 0 Å². The summed E-state index contributed by atoms with van der Waals surface area (Å²) in [6.07, 6.45) is 1.19. The molecule has 2 aromatic rings. The number of benzene rings is 2. The van der Waals surface area contributed by atoms with Gasteiger partial charge in [-0.3, -0.25) is 0 Å². The molecule has 0 aliphatic heterocycles. The summed E-state index contributed by atoms with van der Waals surface area (Å²) >= 11 is 0. The Labute approximate surface area is 167 Å². The van der Waals surface area contributed by atoms with E-state index in [0.29, 0.717) is 23.6 Å². The summed E-state index contributed by atoms with van der Waals surface area (Å²) < 4.78 is 85.6. The Hall–Kier alpha value is -2.44. The lowest BCUT2D eigenvalue weighted by molar-refractivity contribution is 0.344. The van der Waals surface area contributed by atoms with Crippen molar-refractivity contribution >= 4 is 0 Å². The Balaban J connectivity index is 0.00000225. The molecule has 0 N–H and O–H groups in total. The predicted octanol–water partition coefficient (Wildman–Crippen LogP) is 8.20. The summed E-state index contributed by atoms with van der Waals surface area (Å²) in [5.74, 6) is -5.02. The van der Waals surface area contributed by atoms with E-state index in [1.54, 1.807) is 0 Å². The fraction of sp³-hybridized carbons (Fsp3) is 0.364. The second-order valence-corrected chi connectivity index (χ2v) is 7.11. The normalized spacial score (nSPS) is 18.7. The fourth-order valence-corrected chi connectivity index (χ4v) is 3.62. The Morgan fingerprint density at radius 1 is 0.897 bits per heavy atom. The molecular formula is C22H24F6O. The molecule has 1 fully saturated rings. The van der Waals surface area contributed by atoms with E-state index in [9.17, 15) is 26.3 Å². The summed E-state index contributed by atoms with van der Waals surface area (Å²) in [4.78, 5) is 0. The van der Waals surface area contributed by atoms with Gasteiger partial charge in [-0.05, 0) is 60.1 Å². The molecule has 2 aromatic carbocycles. The Kier molecular flexibility index (Phi) is 7.38. The standard InChI is InChI=1S/C21H18F6O.CH4.H2/c1-11-2-4-12(5-3-11)13-6-15(22)20(16(23)7-13)14-8-17(24)21(18(25)9-14)28-10-19(26)27;;/h6-12H,2-5H2,1H3;1H4;1H. The van der Waals surface area contributed by atoms with Crippen molar-refractivity contribution in [1.82, 2.24) is 0 Å². The largest absolute Gasteiger partial charge is 0.453 e. The fourth-order valence-electron chi connectivity index (χ4n) is 3.62. The second-order valence-electron chi connectivity index (χ2n) is 7.11. The first-order valence-corrected chi connectivity index (χ1v) is 8.92. The highest BCUT2D eigenvalue weighted by atomic mass is 19.3. The topological polar surface area (TPSA) is 9.23 Å². The van der Waals surface area contributed by atoms with Gasteiger partial charge in [-0.25, -0.2) is 17.6 Å². The maximum absolute atomic E-state index is 14.6. The smallest absolute Gasteiger partial charge is 0.305 e. The van der Waals surface area contributed by atoms with Gasteiger partial charge >= 0.3 is 6.08 Å². The molecule has 0 amide bonds. The average molecular weight is 418 g/mol.